The van der Waals surface area contributed by atoms with Crippen LogP contribution in [-0.2, 0) is 11.2 Å². The number of hydrogen-bond donors (Lipinski definition) is 0. The minimum Gasteiger partial charge on any atom is -0.497 e. The summed E-state index contributed by atoms with van der Waals surface area (Å²) in [5, 5.41) is 0. The zero-order chi connectivity index (χ0) is 20.6. The largest absolute Gasteiger partial charge is 0.497 e. The fourth-order valence-corrected chi connectivity index (χ4v) is 4.50. The van der Waals surface area contributed by atoms with Gasteiger partial charge in [0.1, 0.15) is 17.2 Å². The van der Waals surface area contributed by atoms with Crippen molar-refractivity contribution in [2.45, 2.75) is 43.8 Å². The highest BCUT2D eigenvalue weighted by molar-refractivity contribution is 5.82. The number of carbonyl (C=O) groups excluding carboxylic acids is 1. The smallest absolute Gasteiger partial charge is 0.471 e. The number of amides is 1. The highest BCUT2D eigenvalue weighted by Crippen LogP contribution is 2.43. The molecule has 1 aliphatic carbocycles. The van der Waals surface area contributed by atoms with E-state index >= 15 is 0 Å². The molecule has 1 heterocycles. The molecule has 0 bridgehead atoms. The molecule has 1 aliphatic heterocycles. The molecule has 1 fully saturated rings. The predicted octanol–water partition coefficient (Wildman–Crippen LogP) is 5.07. The third-order valence-electron chi connectivity index (χ3n) is 5.80. The summed E-state index contributed by atoms with van der Waals surface area (Å²) in [6.45, 7) is 0.174. The van der Waals surface area contributed by atoms with Crippen molar-refractivity contribution in [2.24, 2.45) is 0 Å². The van der Waals surface area contributed by atoms with E-state index in [0.29, 0.717) is 30.8 Å². The Morgan fingerprint density at radius 2 is 1.72 bits per heavy atom. The molecule has 0 spiro atoms. The Bertz CT molecular complexity index is 895. The van der Waals surface area contributed by atoms with E-state index in [1.165, 1.54) is 0 Å². The number of rotatable bonds is 3. The summed E-state index contributed by atoms with van der Waals surface area (Å²) in [5.41, 5.74) is 2.11. The van der Waals surface area contributed by atoms with E-state index < -0.39 is 18.1 Å². The van der Waals surface area contributed by atoms with Crippen LogP contribution < -0.4 is 9.47 Å². The summed E-state index contributed by atoms with van der Waals surface area (Å²) in [6.07, 6.45) is -2.30. The van der Waals surface area contributed by atoms with Gasteiger partial charge < -0.3 is 14.4 Å². The van der Waals surface area contributed by atoms with Gasteiger partial charge in [-0.15, -0.1) is 0 Å². The molecular weight excluding hydrogens is 383 g/mol. The number of halogens is 3. The third-order valence-corrected chi connectivity index (χ3v) is 5.80. The lowest BCUT2D eigenvalue weighted by molar-refractivity contribution is -0.189. The minimum absolute atomic E-state index is 0.0613. The van der Waals surface area contributed by atoms with Crippen LogP contribution in [0.5, 0.6) is 17.2 Å². The first-order chi connectivity index (χ1) is 13.9. The van der Waals surface area contributed by atoms with E-state index in [1.807, 2.05) is 42.5 Å². The second kappa shape index (κ2) is 7.61. The number of methoxy groups -OCH3 is 1. The summed E-state index contributed by atoms with van der Waals surface area (Å²) < 4.78 is 50.0. The number of nitrogens with zero attached hydrogens (tertiary/aromatic N) is 1. The van der Waals surface area contributed by atoms with Gasteiger partial charge in [-0.1, -0.05) is 6.07 Å². The van der Waals surface area contributed by atoms with Gasteiger partial charge in [0.2, 0.25) is 0 Å². The molecule has 0 radical (unpaired) electrons. The van der Waals surface area contributed by atoms with Crippen molar-refractivity contribution in [1.29, 1.82) is 0 Å². The molecule has 4 rings (SSSR count). The van der Waals surface area contributed by atoms with E-state index in [9.17, 15) is 18.0 Å². The maximum atomic E-state index is 13.0. The summed E-state index contributed by atoms with van der Waals surface area (Å²) in [6, 6.07) is 12.6. The number of carbonyl (C=O) groups is 1. The molecule has 1 saturated heterocycles. The van der Waals surface area contributed by atoms with Gasteiger partial charge in [-0.25, -0.2) is 0 Å². The lowest BCUT2D eigenvalue weighted by Crippen LogP contribution is -2.53. The molecule has 2 aromatic carbocycles. The first kappa shape index (κ1) is 19.6. The van der Waals surface area contributed by atoms with Gasteiger partial charge in [0, 0.05) is 18.5 Å². The van der Waals surface area contributed by atoms with Gasteiger partial charge in [0.05, 0.1) is 7.11 Å². The van der Waals surface area contributed by atoms with Crippen LogP contribution in [0.3, 0.4) is 0 Å². The second-order valence-electron chi connectivity index (χ2n) is 7.49. The average molecular weight is 405 g/mol. The van der Waals surface area contributed by atoms with E-state index in [-0.39, 0.29) is 12.5 Å². The van der Waals surface area contributed by atoms with Crippen molar-refractivity contribution in [2.75, 3.05) is 13.7 Å². The number of piperidine rings is 1. The third kappa shape index (κ3) is 3.91. The molecule has 2 atom stereocenters. The molecule has 29 heavy (non-hydrogen) atoms. The van der Waals surface area contributed by atoms with E-state index in [2.05, 4.69) is 0 Å². The normalized spacial score (nSPS) is 21.2. The number of likely N-dealkylation sites (tertiary alicyclic amines) is 1. The van der Waals surface area contributed by atoms with Gasteiger partial charge >= 0.3 is 12.1 Å². The molecule has 0 N–H and O–H groups in total. The summed E-state index contributed by atoms with van der Waals surface area (Å²) >= 11 is 0. The van der Waals surface area contributed by atoms with E-state index in [0.717, 1.165) is 28.2 Å². The van der Waals surface area contributed by atoms with E-state index in [4.69, 9.17) is 9.47 Å². The first-order valence-electron chi connectivity index (χ1n) is 9.69. The van der Waals surface area contributed by atoms with Crippen LogP contribution in [0.25, 0.3) is 0 Å². The summed E-state index contributed by atoms with van der Waals surface area (Å²) in [4.78, 5) is 12.9. The average Bonchev–Trinajstić information content (AvgIpc) is 2.72. The number of hydrogen-bond acceptors (Lipinski definition) is 3. The number of aryl methyl sites for hydroxylation is 1. The molecule has 0 aromatic heterocycles. The van der Waals surface area contributed by atoms with Crippen molar-refractivity contribution < 1.29 is 27.4 Å². The highest BCUT2D eigenvalue weighted by atomic mass is 19.4. The summed E-state index contributed by atoms with van der Waals surface area (Å²) in [7, 11) is 1.60. The van der Waals surface area contributed by atoms with E-state index in [1.54, 1.807) is 7.11 Å². The zero-order valence-electron chi connectivity index (χ0n) is 16.0. The molecule has 4 nitrogen and oxygen atoms in total. The summed E-state index contributed by atoms with van der Waals surface area (Å²) in [5.74, 6) is 0.332. The standard InChI is InChI=1S/C22H22F3NO3/c1-28-15-5-7-16(8-6-15)29-17-9-10-18-14(13-17)4-11-20-19(18)3-2-12-26(20)21(27)22(23,24)25/h5-10,13,19-20H,2-4,11-12H2,1H3. The van der Waals surface area contributed by atoms with Gasteiger partial charge in [0.25, 0.3) is 0 Å². The molecule has 2 unspecified atom stereocenters. The molecule has 1 amide bonds. The number of fused-ring (bicyclic) bond motifs is 3. The monoisotopic (exact) mass is 405 g/mol. The van der Waals surface area contributed by atoms with Crippen LogP contribution in [-0.4, -0.2) is 36.7 Å². The molecule has 2 aromatic rings. The molecule has 0 saturated carbocycles. The maximum Gasteiger partial charge on any atom is 0.471 e. The van der Waals surface area contributed by atoms with Crippen molar-refractivity contribution in [1.82, 2.24) is 4.90 Å². The SMILES string of the molecule is COc1ccc(Oc2ccc3c(c2)CCC2C3CCCN2C(=O)C(F)(F)F)cc1. The molecule has 154 valence electrons. The Morgan fingerprint density at radius 3 is 2.41 bits per heavy atom. The van der Waals surface area contributed by atoms with Crippen LogP contribution >= 0.6 is 0 Å². The van der Waals surface area contributed by atoms with Crippen molar-refractivity contribution in [3.63, 3.8) is 0 Å². The number of alkyl halides is 3. The first-order valence-corrected chi connectivity index (χ1v) is 9.69. The molecule has 7 heteroatoms. The van der Waals surface area contributed by atoms with Crippen molar-refractivity contribution >= 4 is 5.91 Å². The lowest BCUT2D eigenvalue weighted by atomic mass is 9.74. The van der Waals surface area contributed by atoms with Gasteiger partial charge in [0.15, 0.2) is 0 Å². The number of ether oxygens (including phenoxy) is 2. The number of benzene rings is 2. The van der Waals surface area contributed by atoms with Gasteiger partial charge in [-0.2, -0.15) is 13.2 Å². The van der Waals surface area contributed by atoms with Crippen LogP contribution in [0, 0.1) is 0 Å². The van der Waals surface area contributed by atoms with Crippen LogP contribution in [0.2, 0.25) is 0 Å². The Hall–Kier alpha value is -2.70. The van der Waals surface area contributed by atoms with Crippen molar-refractivity contribution in [3.05, 3.63) is 53.6 Å². The van der Waals surface area contributed by atoms with Crippen LogP contribution in [0.4, 0.5) is 13.2 Å². The second-order valence-corrected chi connectivity index (χ2v) is 7.49. The topological polar surface area (TPSA) is 38.8 Å². The fourth-order valence-electron chi connectivity index (χ4n) is 4.50. The lowest BCUT2D eigenvalue weighted by Gasteiger charge is -2.45. The Morgan fingerprint density at radius 1 is 1.03 bits per heavy atom. The fraction of sp³-hybridized carbons (Fsp3) is 0.409. The Balaban J connectivity index is 1.54. The quantitative estimate of drug-likeness (QED) is 0.716. The predicted molar refractivity (Wildman–Crippen MR) is 101 cm³/mol. The zero-order valence-corrected chi connectivity index (χ0v) is 16.0. The van der Waals surface area contributed by atoms with Crippen LogP contribution in [0.1, 0.15) is 36.3 Å². The minimum atomic E-state index is -4.82. The van der Waals surface area contributed by atoms with Crippen molar-refractivity contribution in [3.8, 4) is 17.2 Å². The van der Waals surface area contributed by atoms with Gasteiger partial charge in [-0.3, -0.25) is 4.79 Å². The Kier molecular flexibility index (Phi) is 5.15. The molecular formula is C22H22F3NO3. The molecule has 2 aliphatic rings. The van der Waals surface area contributed by atoms with Crippen LogP contribution in [0.15, 0.2) is 42.5 Å². The Labute approximate surface area is 167 Å². The van der Waals surface area contributed by atoms with Gasteiger partial charge in [-0.05, 0) is 73.2 Å². The highest BCUT2D eigenvalue weighted by Gasteiger charge is 2.48. The maximum absolute atomic E-state index is 13.0.